The summed E-state index contributed by atoms with van der Waals surface area (Å²) >= 11 is 0. The molecule has 2 N–H and O–H groups in total. The van der Waals surface area contributed by atoms with Gasteiger partial charge < -0.3 is 10.4 Å². The minimum absolute atomic E-state index is 0.0223. The van der Waals surface area contributed by atoms with Gasteiger partial charge in [-0.1, -0.05) is 6.92 Å². The number of hydrogen-bond donors (Lipinski definition) is 2. The number of phenols is 1. The lowest BCUT2D eigenvalue weighted by atomic mass is 10.2. The molecule has 1 aromatic carbocycles. The molecule has 2 nitrogen and oxygen atoms in total. The minimum Gasteiger partial charge on any atom is -0.508 e. The van der Waals surface area contributed by atoms with E-state index in [1.54, 1.807) is 6.07 Å². The topological polar surface area (TPSA) is 32.3 Å². The van der Waals surface area contributed by atoms with Crippen molar-refractivity contribution in [2.24, 2.45) is 0 Å². The summed E-state index contributed by atoms with van der Waals surface area (Å²) in [6.07, 6.45) is 1.03. The summed E-state index contributed by atoms with van der Waals surface area (Å²) in [5, 5.41) is 12.4. The molecular formula is C11H16FNO. The zero-order valence-corrected chi connectivity index (χ0v) is 8.55. The second kappa shape index (κ2) is 4.96. The summed E-state index contributed by atoms with van der Waals surface area (Å²) in [4.78, 5) is 0. The van der Waals surface area contributed by atoms with Gasteiger partial charge in [0.05, 0.1) is 0 Å². The van der Waals surface area contributed by atoms with Gasteiger partial charge in [0.15, 0.2) is 0 Å². The number of phenolic OH excluding ortho intramolecular Hbond substituents is 1. The zero-order valence-electron chi connectivity index (χ0n) is 8.55. The van der Waals surface area contributed by atoms with E-state index in [1.165, 1.54) is 6.07 Å². The molecule has 0 spiro atoms. The Morgan fingerprint density at radius 1 is 1.43 bits per heavy atom. The van der Waals surface area contributed by atoms with Gasteiger partial charge in [-0.15, -0.1) is 0 Å². The van der Waals surface area contributed by atoms with Gasteiger partial charge in [-0.3, -0.25) is 0 Å². The van der Waals surface area contributed by atoms with E-state index in [0.717, 1.165) is 18.1 Å². The van der Waals surface area contributed by atoms with E-state index in [2.05, 4.69) is 19.2 Å². The Balaban J connectivity index is 2.58. The number of benzene rings is 1. The number of halogens is 1. The number of aromatic hydroxyl groups is 1. The van der Waals surface area contributed by atoms with Crippen molar-refractivity contribution in [2.75, 3.05) is 0 Å². The lowest BCUT2D eigenvalue weighted by Crippen LogP contribution is -2.24. The van der Waals surface area contributed by atoms with Crippen molar-refractivity contribution in [1.82, 2.24) is 5.32 Å². The predicted octanol–water partition coefficient (Wildman–Crippen LogP) is 2.42. The predicted molar refractivity (Wildman–Crippen MR) is 54.7 cm³/mol. The summed E-state index contributed by atoms with van der Waals surface area (Å²) in [6, 6.07) is 4.50. The van der Waals surface area contributed by atoms with Crippen molar-refractivity contribution < 1.29 is 9.50 Å². The van der Waals surface area contributed by atoms with E-state index in [1.807, 2.05) is 0 Å². The molecule has 0 aromatic heterocycles. The number of hydrogen-bond acceptors (Lipinski definition) is 2. The second-order valence-corrected chi connectivity index (χ2v) is 3.51. The lowest BCUT2D eigenvalue weighted by molar-refractivity contribution is 0.466. The van der Waals surface area contributed by atoms with Gasteiger partial charge in [0.2, 0.25) is 0 Å². The standard InChI is InChI=1S/C11H16FNO/c1-3-8(2)13-7-9-4-10(12)6-11(14)5-9/h4-6,8,13-14H,3,7H2,1-2H3. The lowest BCUT2D eigenvalue weighted by Gasteiger charge is -2.11. The molecule has 1 aromatic rings. The first-order chi connectivity index (χ1) is 6.61. The fourth-order valence-electron chi connectivity index (χ4n) is 1.17. The Morgan fingerprint density at radius 3 is 2.71 bits per heavy atom. The molecule has 0 aliphatic rings. The molecule has 1 rings (SSSR count). The normalized spacial score (nSPS) is 12.8. The molecule has 0 radical (unpaired) electrons. The van der Waals surface area contributed by atoms with E-state index < -0.39 is 5.82 Å². The molecule has 0 aliphatic heterocycles. The molecule has 0 saturated carbocycles. The van der Waals surface area contributed by atoms with Gasteiger partial charge in [-0.25, -0.2) is 4.39 Å². The van der Waals surface area contributed by atoms with Gasteiger partial charge in [-0.2, -0.15) is 0 Å². The van der Waals surface area contributed by atoms with Crippen LogP contribution in [0.5, 0.6) is 5.75 Å². The second-order valence-electron chi connectivity index (χ2n) is 3.51. The highest BCUT2D eigenvalue weighted by molar-refractivity contribution is 5.28. The highest BCUT2D eigenvalue weighted by Crippen LogP contribution is 2.14. The van der Waals surface area contributed by atoms with E-state index in [0.29, 0.717) is 12.6 Å². The van der Waals surface area contributed by atoms with Crippen LogP contribution in [0, 0.1) is 5.82 Å². The van der Waals surface area contributed by atoms with Crippen LogP contribution >= 0.6 is 0 Å². The van der Waals surface area contributed by atoms with Crippen LogP contribution in [0.1, 0.15) is 25.8 Å². The Kier molecular flexibility index (Phi) is 3.89. The van der Waals surface area contributed by atoms with Crippen LogP contribution in [0.2, 0.25) is 0 Å². The Morgan fingerprint density at radius 2 is 2.14 bits per heavy atom. The van der Waals surface area contributed by atoms with Crippen molar-refractivity contribution in [3.8, 4) is 5.75 Å². The van der Waals surface area contributed by atoms with Crippen LogP contribution in [-0.2, 0) is 6.54 Å². The van der Waals surface area contributed by atoms with Crippen LogP contribution in [0.4, 0.5) is 4.39 Å². The first-order valence-corrected chi connectivity index (χ1v) is 4.83. The highest BCUT2D eigenvalue weighted by atomic mass is 19.1. The van der Waals surface area contributed by atoms with Crippen molar-refractivity contribution in [3.63, 3.8) is 0 Å². The fourth-order valence-corrected chi connectivity index (χ4v) is 1.17. The third kappa shape index (κ3) is 3.34. The van der Waals surface area contributed by atoms with Gasteiger partial charge in [-0.05, 0) is 31.0 Å². The SMILES string of the molecule is CCC(C)NCc1cc(O)cc(F)c1. The van der Waals surface area contributed by atoms with Gasteiger partial charge in [0.25, 0.3) is 0 Å². The summed E-state index contributed by atoms with van der Waals surface area (Å²) in [7, 11) is 0. The smallest absolute Gasteiger partial charge is 0.127 e. The average molecular weight is 197 g/mol. The van der Waals surface area contributed by atoms with Gasteiger partial charge in [0, 0.05) is 18.7 Å². The molecule has 0 fully saturated rings. The molecule has 0 amide bonds. The molecule has 3 heteroatoms. The van der Waals surface area contributed by atoms with E-state index in [-0.39, 0.29) is 5.75 Å². The molecule has 78 valence electrons. The average Bonchev–Trinajstić information content (AvgIpc) is 2.12. The van der Waals surface area contributed by atoms with Crippen molar-refractivity contribution in [1.29, 1.82) is 0 Å². The molecule has 1 atom stereocenters. The minimum atomic E-state index is -0.397. The third-order valence-electron chi connectivity index (χ3n) is 2.21. The summed E-state index contributed by atoms with van der Waals surface area (Å²) in [5.74, 6) is -0.420. The molecule has 0 heterocycles. The summed E-state index contributed by atoms with van der Waals surface area (Å²) in [6.45, 7) is 4.74. The third-order valence-corrected chi connectivity index (χ3v) is 2.21. The quantitative estimate of drug-likeness (QED) is 0.777. The molecule has 1 unspecified atom stereocenters. The largest absolute Gasteiger partial charge is 0.508 e. The maximum atomic E-state index is 12.8. The van der Waals surface area contributed by atoms with Crippen molar-refractivity contribution in [2.45, 2.75) is 32.9 Å². The van der Waals surface area contributed by atoms with Crippen molar-refractivity contribution >= 4 is 0 Å². The van der Waals surface area contributed by atoms with Crippen LogP contribution < -0.4 is 5.32 Å². The Hall–Kier alpha value is -1.09. The maximum Gasteiger partial charge on any atom is 0.127 e. The van der Waals surface area contributed by atoms with Crippen LogP contribution in [-0.4, -0.2) is 11.1 Å². The monoisotopic (exact) mass is 197 g/mol. The number of rotatable bonds is 4. The molecule has 14 heavy (non-hydrogen) atoms. The summed E-state index contributed by atoms with van der Waals surface area (Å²) in [5.41, 5.74) is 0.766. The van der Waals surface area contributed by atoms with Gasteiger partial charge >= 0.3 is 0 Å². The zero-order chi connectivity index (χ0) is 10.6. The van der Waals surface area contributed by atoms with Crippen LogP contribution in [0.3, 0.4) is 0 Å². The highest BCUT2D eigenvalue weighted by Gasteiger charge is 2.01. The van der Waals surface area contributed by atoms with E-state index in [9.17, 15) is 4.39 Å². The maximum absolute atomic E-state index is 12.8. The molecule has 0 aliphatic carbocycles. The first kappa shape index (κ1) is 11.0. The Labute approximate surface area is 83.8 Å². The van der Waals surface area contributed by atoms with Crippen molar-refractivity contribution in [3.05, 3.63) is 29.6 Å². The van der Waals surface area contributed by atoms with Crippen LogP contribution in [0.25, 0.3) is 0 Å². The summed E-state index contributed by atoms with van der Waals surface area (Å²) < 4.78 is 12.8. The first-order valence-electron chi connectivity index (χ1n) is 4.83. The number of nitrogens with one attached hydrogen (secondary N) is 1. The molecular weight excluding hydrogens is 181 g/mol. The van der Waals surface area contributed by atoms with E-state index in [4.69, 9.17) is 5.11 Å². The Bertz CT molecular complexity index is 281. The molecule has 0 saturated heterocycles. The van der Waals surface area contributed by atoms with Gasteiger partial charge in [0.1, 0.15) is 11.6 Å². The fraction of sp³-hybridized carbons (Fsp3) is 0.455. The van der Waals surface area contributed by atoms with E-state index >= 15 is 0 Å². The van der Waals surface area contributed by atoms with Crippen LogP contribution in [0.15, 0.2) is 18.2 Å². The molecule has 0 bridgehead atoms.